The first-order chi connectivity index (χ1) is 11.0. The van der Waals surface area contributed by atoms with Crippen molar-refractivity contribution in [3.8, 4) is 0 Å². The maximum Gasteiger partial charge on any atom is 0.239 e. The summed E-state index contributed by atoms with van der Waals surface area (Å²) >= 11 is 0. The van der Waals surface area contributed by atoms with Crippen molar-refractivity contribution in [2.45, 2.75) is 32.7 Å². The summed E-state index contributed by atoms with van der Waals surface area (Å²) in [4.78, 5) is 27.9. The fraction of sp³-hybridized carbons (Fsp3) is 0.667. The Balaban J connectivity index is 1.74. The first kappa shape index (κ1) is 17.4. The number of nitrogens with one attached hydrogen (secondary N) is 1. The Labute approximate surface area is 136 Å². The monoisotopic (exact) mass is 323 g/mol. The van der Waals surface area contributed by atoms with Crippen LogP contribution < -0.4 is 11.1 Å². The summed E-state index contributed by atoms with van der Waals surface area (Å²) < 4.78 is 4.90. The summed E-state index contributed by atoms with van der Waals surface area (Å²) in [6.45, 7) is 6.59. The van der Waals surface area contributed by atoms with Crippen LogP contribution in [0.15, 0.2) is 10.6 Å². The zero-order valence-electron chi connectivity index (χ0n) is 13.7. The van der Waals surface area contributed by atoms with E-state index >= 15 is 0 Å². The van der Waals surface area contributed by atoms with Crippen molar-refractivity contribution >= 4 is 17.6 Å². The van der Waals surface area contributed by atoms with Crippen LogP contribution in [0.5, 0.6) is 0 Å². The Bertz CT molecular complexity index is 537. The maximum atomic E-state index is 12.1. The summed E-state index contributed by atoms with van der Waals surface area (Å²) in [5.74, 6) is 0.942. The number of hydrogen-bond donors (Lipinski definition) is 2. The number of aromatic nitrogens is 1. The molecule has 0 bridgehead atoms. The van der Waals surface area contributed by atoms with Gasteiger partial charge < -0.3 is 20.5 Å². The van der Waals surface area contributed by atoms with Gasteiger partial charge in [0.2, 0.25) is 11.8 Å². The Morgan fingerprint density at radius 1 is 1.39 bits per heavy atom. The molecule has 0 aliphatic carbocycles. The van der Waals surface area contributed by atoms with Gasteiger partial charge in [-0.1, -0.05) is 18.5 Å². The Kier molecular flexibility index (Phi) is 6.12. The third kappa shape index (κ3) is 5.04. The molecule has 128 valence electrons. The number of nitrogens with two attached hydrogens (primary N) is 1. The smallest absolute Gasteiger partial charge is 0.239 e. The largest absolute Gasteiger partial charge is 0.360 e. The average molecular weight is 323 g/mol. The van der Waals surface area contributed by atoms with Crippen LogP contribution in [0.4, 0.5) is 5.82 Å². The quantitative estimate of drug-likeness (QED) is 0.774. The third-order valence-corrected chi connectivity index (χ3v) is 3.86. The molecular weight excluding hydrogens is 298 g/mol. The Hall–Kier alpha value is -1.93. The Morgan fingerprint density at radius 2 is 2.09 bits per heavy atom. The number of piperazine rings is 1. The molecule has 1 unspecified atom stereocenters. The van der Waals surface area contributed by atoms with Crippen LogP contribution in [0.1, 0.15) is 25.5 Å². The average Bonchev–Trinajstić information content (AvgIpc) is 2.92. The second kappa shape index (κ2) is 8.07. The van der Waals surface area contributed by atoms with E-state index in [1.54, 1.807) is 17.9 Å². The zero-order chi connectivity index (χ0) is 16.8. The minimum atomic E-state index is -0.412. The lowest BCUT2D eigenvalue weighted by Gasteiger charge is -2.35. The zero-order valence-corrected chi connectivity index (χ0v) is 13.7. The minimum Gasteiger partial charge on any atom is -0.360 e. The number of carbonyl (C=O) groups excluding carboxylic acids is 2. The molecule has 1 saturated heterocycles. The molecule has 3 N–H and O–H groups in total. The lowest BCUT2D eigenvalue weighted by molar-refractivity contribution is -0.134. The van der Waals surface area contributed by atoms with Crippen LogP contribution in [0.2, 0.25) is 0 Å². The van der Waals surface area contributed by atoms with Crippen LogP contribution in [0, 0.1) is 6.92 Å². The van der Waals surface area contributed by atoms with Gasteiger partial charge in [-0.25, -0.2) is 0 Å². The number of amides is 2. The first-order valence-corrected chi connectivity index (χ1v) is 7.99. The van der Waals surface area contributed by atoms with E-state index in [-0.39, 0.29) is 18.4 Å². The van der Waals surface area contributed by atoms with Crippen LogP contribution in [-0.2, 0) is 9.59 Å². The van der Waals surface area contributed by atoms with Gasteiger partial charge in [-0.2, -0.15) is 0 Å². The molecule has 0 spiro atoms. The molecule has 2 amide bonds. The molecule has 1 aliphatic rings. The van der Waals surface area contributed by atoms with Gasteiger partial charge in [0.15, 0.2) is 5.82 Å². The molecule has 2 heterocycles. The molecule has 0 aromatic carbocycles. The fourth-order valence-corrected chi connectivity index (χ4v) is 2.61. The summed E-state index contributed by atoms with van der Waals surface area (Å²) in [5.41, 5.74) is 5.88. The van der Waals surface area contributed by atoms with E-state index in [0.717, 1.165) is 6.42 Å². The van der Waals surface area contributed by atoms with Crippen molar-refractivity contribution in [2.24, 2.45) is 5.73 Å². The highest BCUT2D eigenvalue weighted by Gasteiger charge is 2.25. The number of nitrogens with zero attached hydrogens (tertiary/aromatic N) is 3. The number of hydrogen-bond acceptors (Lipinski definition) is 6. The highest BCUT2D eigenvalue weighted by atomic mass is 16.5. The second-order valence-electron chi connectivity index (χ2n) is 5.87. The van der Waals surface area contributed by atoms with Crippen molar-refractivity contribution in [3.05, 3.63) is 11.8 Å². The van der Waals surface area contributed by atoms with Gasteiger partial charge >= 0.3 is 0 Å². The van der Waals surface area contributed by atoms with Crippen molar-refractivity contribution in [2.75, 3.05) is 38.0 Å². The standard InChI is InChI=1S/C15H25N5O3/c1-3-4-12(16)15(22)20-7-5-19(6-8-20)10-14(21)17-13-9-11(2)23-18-13/h9,12H,3-8,10,16H2,1-2H3,(H,17,18,21). The number of carbonyl (C=O) groups is 2. The molecule has 0 radical (unpaired) electrons. The third-order valence-electron chi connectivity index (χ3n) is 3.86. The van der Waals surface area contributed by atoms with Gasteiger partial charge in [-0.05, 0) is 13.3 Å². The predicted octanol–water partition coefficient (Wildman–Crippen LogP) is 0.193. The molecule has 2 rings (SSSR count). The summed E-state index contributed by atoms with van der Waals surface area (Å²) in [6, 6.07) is 1.26. The molecule has 1 fully saturated rings. The molecule has 1 aliphatic heterocycles. The maximum absolute atomic E-state index is 12.1. The topological polar surface area (TPSA) is 105 Å². The molecule has 1 aromatic rings. The van der Waals surface area contributed by atoms with Gasteiger partial charge in [-0.15, -0.1) is 0 Å². The van der Waals surface area contributed by atoms with E-state index in [9.17, 15) is 9.59 Å². The second-order valence-corrected chi connectivity index (χ2v) is 5.87. The van der Waals surface area contributed by atoms with Crippen LogP contribution >= 0.6 is 0 Å². The molecular formula is C15H25N5O3. The van der Waals surface area contributed by atoms with Crippen LogP contribution in [0.25, 0.3) is 0 Å². The van der Waals surface area contributed by atoms with Crippen molar-refractivity contribution in [1.82, 2.24) is 15.0 Å². The van der Waals surface area contributed by atoms with E-state index in [1.807, 2.05) is 11.8 Å². The van der Waals surface area contributed by atoms with Crippen molar-refractivity contribution in [1.29, 1.82) is 0 Å². The highest BCUT2D eigenvalue weighted by Crippen LogP contribution is 2.08. The van der Waals surface area contributed by atoms with Crippen molar-refractivity contribution < 1.29 is 14.1 Å². The molecule has 1 atom stereocenters. The fourth-order valence-electron chi connectivity index (χ4n) is 2.61. The molecule has 8 nitrogen and oxygen atoms in total. The van der Waals surface area contributed by atoms with Crippen LogP contribution in [-0.4, -0.2) is 65.5 Å². The molecule has 23 heavy (non-hydrogen) atoms. The van der Waals surface area contributed by atoms with Gasteiger partial charge in [-0.3, -0.25) is 14.5 Å². The molecule has 0 saturated carbocycles. The summed E-state index contributed by atoms with van der Waals surface area (Å²) in [7, 11) is 0. The van der Waals surface area contributed by atoms with E-state index in [0.29, 0.717) is 44.2 Å². The number of rotatable bonds is 6. The van der Waals surface area contributed by atoms with Crippen molar-refractivity contribution in [3.63, 3.8) is 0 Å². The number of anilines is 1. The van der Waals surface area contributed by atoms with Gasteiger partial charge in [0.25, 0.3) is 0 Å². The van der Waals surface area contributed by atoms with E-state index in [4.69, 9.17) is 10.3 Å². The first-order valence-electron chi connectivity index (χ1n) is 7.99. The normalized spacial score (nSPS) is 17.1. The summed E-state index contributed by atoms with van der Waals surface area (Å²) in [6.07, 6.45) is 1.60. The Morgan fingerprint density at radius 3 is 2.65 bits per heavy atom. The van der Waals surface area contributed by atoms with E-state index < -0.39 is 6.04 Å². The SMILES string of the molecule is CCCC(N)C(=O)N1CCN(CC(=O)Nc2cc(C)on2)CC1. The minimum absolute atomic E-state index is 0.00836. The molecule has 1 aromatic heterocycles. The van der Waals surface area contributed by atoms with Gasteiger partial charge in [0.1, 0.15) is 5.76 Å². The number of aryl methyl sites for hydroxylation is 1. The summed E-state index contributed by atoms with van der Waals surface area (Å²) in [5, 5.41) is 6.42. The predicted molar refractivity (Wildman–Crippen MR) is 85.8 cm³/mol. The van der Waals surface area contributed by atoms with E-state index in [2.05, 4.69) is 10.5 Å². The lowest BCUT2D eigenvalue weighted by atomic mass is 10.1. The van der Waals surface area contributed by atoms with Gasteiger partial charge in [0.05, 0.1) is 12.6 Å². The van der Waals surface area contributed by atoms with Crippen LogP contribution in [0.3, 0.4) is 0 Å². The van der Waals surface area contributed by atoms with E-state index in [1.165, 1.54) is 0 Å². The van der Waals surface area contributed by atoms with Gasteiger partial charge in [0, 0.05) is 32.2 Å². The highest BCUT2D eigenvalue weighted by molar-refractivity contribution is 5.91. The lowest BCUT2D eigenvalue weighted by Crippen LogP contribution is -2.54. The molecule has 8 heteroatoms.